The van der Waals surface area contributed by atoms with Crippen molar-refractivity contribution >= 4 is 18.3 Å². The predicted octanol–water partition coefficient (Wildman–Crippen LogP) is 2.91. The van der Waals surface area contributed by atoms with Crippen LogP contribution in [0.25, 0.3) is 0 Å². The summed E-state index contributed by atoms with van der Waals surface area (Å²) in [6.45, 7) is 1.75. The molecule has 124 valence electrons. The molecule has 0 aliphatic heterocycles. The van der Waals surface area contributed by atoms with Gasteiger partial charge >= 0.3 is 0 Å². The molecule has 0 aromatic heterocycles. The lowest BCUT2D eigenvalue weighted by molar-refractivity contribution is -0.121. The lowest BCUT2D eigenvalue weighted by Crippen LogP contribution is -2.26. The number of para-hydroxylation sites is 1. The van der Waals surface area contributed by atoms with Crippen molar-refractivity contribution in [1.29, 1.82) is 0 Å². The average Bonchev–Trinajstić information content (AvgIpc) is 2.57. The Morgan fingerprint density at radius 2 is 1.78 bits per heavy atom. The maximum Gasteiger partial charge on any atom is 0.221 e. The Kier molecular flexibility index (Phi) is 8.80. The van der Waals surface area contributed by atoms with E-state index in [1.165, 1.54) is 0 Å². The normalized spacial score (nSPS) is 9.78. The molecule has 0 saturated heterocycles. The van der Waals surface area contributed by atoms with E-state index in [0.717, 1.165) is 16.9 Å². The minimum atomic E-state index is 0. The van der Waals surface area contributed by atoms with Crippen molar-refractivity contribution in [3.63, 3.8) is 0 Å². The number of hydrogen-bond donors (Lipinski definition) is 2. The highest BCUT2D eigenvalue weighted by Crippen LogP contribution is 2.12. The van der Waals surface area contributed by atoms with Gasteiger partial charge in [0.15, 0.2) is 0 Å². The van der Waals surface area contributed by atoms with Gasteiger partial charge in [-0.3, -0.25) is 4.79 Å². The maximum atomic E-state index is 11.6. The van der Waals surface area contributed by atoms with Gasteiger partial charge in [-0.15, -0.1) is 12.4 Å². The first kappa shape index (κ1) is 19.0. The zero-order valence-corrected chi connectivity index (χ0v) is 14.1. The van der Waals surface area contributed by atoms with E-state index in [4.69, 9.17) is 4.74 Å². The zero-order chi connectivity index (χ0) is 15.6. The van der Waals surface area contributed by atoms with E-state index in [0.29, 0.717) is 26.1 Å². The summed E-state index contributed by atoms with van der Waals surface area (Å²) in [6, 6.07) is 17.8. The summed E-state index contributed by atoms with van der Waals surface area (Å²) in [5.41, 5.74) is 2.16. The van der Waals surface area contributed by atoms with Gasteiger partial charge in [0, 0.05) is 19.5 Å². The summed E-state index contributed by atoms with van der Waals surface area (Å²) in [7, 11) is 1.84. The summed E-state index contributed by atoms with van der Waals surface area (Å²) in [6.07, 6.45) is 0.493. The van der Waals surface area contributed by atoms with E-state index in [1.54, 1.807) is 0 Å². The fourth-order valence-corrected chi connectivity index (χ4v) is 2.04. The van der Waals surface area contributed by atoms with Crippen LogP contribution in [0.15, 0.2) is 54.6 Å². The van der Waals surface area contributed by atoms with Gasteiger partial charge in [-0.1, -0.05) is 42.5 Å². The Labute approximate surface area is 143 Å². The quantitative estimate of drug-likeness (QED) is 0.780. The van der Waals surface area contributed by atoms with Crippen LogP contribution in [0.1, 0.15) is 17.5 Å². The highest BCUT2D eigenvalue weighted by molar-refractivity contribution is 5.85. The Morgan fingerprint density at radius 1 is 1.04 bits per heavy atom. The van der Waals surface area contributed by atoms with Crippen LogP contribution >= 0.6 is 12.4 Å². The van der Waals surface area contributed by atoms with Gasteiger partial charge in [-0.25, -0.2) is 0 Å². The number of carbonyl (C=O) groups excluding carboxylic acids is 1. The number of nitrogens with one attached hydrogen (secondary N) is 2. The van der Waals surface area contributed by atoms with Gasteiger partial charge in [0.2, 0.25) is 5.91 Å². The van der Waals surface area contributed by atoms with Crippen molar-refractivity contribution in [1.82, 2.24) is 10.6 Å². The largest absolute Gasteiger partial charge is 0.489 e. The number of rotatable bonds is 8. The Morgan fingerprint density at radius 3 is 2.52 bits per heavy atom. The first-order valence-electron chi connectivity index (χ1n) is 7.45. The third-order valence-electron chi connectivity index (χ3n) is 3.23. The topological polar surface area (TPSA) is 50.4 Å². The summed E-state index contributed by atoms with van der Waals surface area (Å²) in [5.74, 6) is 0.911. The Hall–Kier alpha value is -2.04. The van der Waals surface area contributed by atoms with Crippen LogP contribution in [0, 0.1) is 0 Å². The molecule has 0 aliphatic rings. The molecule has 1 amide bonds. The van der Waals surface area contributed by atoms with Gasteiger partial charge in [0.1, 0.15) is 12.4 Å². The molecule has 2 rings (SSSR count). The van der Waals surface area contributed by atoms with Crippen molar-refractivity contribution < 1.29 is 9.53 Å². The van der Waals surface area contributed by atoms with Crippen LogP contribution in [0.3, 0.4) is 0 Å². The monoisotopic (exact) mass is 334 g/mol. The predicted molar refractivity (Wildman–Crippen MR) is 94.9 cm³/mol. The summed E-state index contributed by atoms with van der Waals surface area (Å²) in [4.78, 5) is 11.6. The molecule has 0 aliphatic carbocycles. The SMILES string of the molecule is CNCCC(=O)NCc1cccc(COc2ccccc2)c1.Cl. The minimum absolute atomic E-state index is 0. The summed E-state index contributed by atoms with van der Waals surface area (Å²) in [5, 5.41) is 5.88. The van der Waals surface area contributed by atoms with Crippen molar-refractivity contribution in [3.05, 3.63) is 65.7 Å². The molecule has 0 spiro atoms. The van der Waals surface area contributed by atoms with Crippen molar-refractivity contribution in [2.45, 2.75) is 19.6 Å². The molecule has 0 unspecified atom stereocenters. The third-order valence-corrected chi connectivity index (χ3v) is 3.23. The van der Waals surface area contributed by atoms with Gasteiger partial charge in [0.05, 0.1) is 0 Å². The van der Waals surface area contributed by atoms with E-state index in [-0.39, 0.29) is 18.3 Å². The molecule has 0 atom stereocenters. The number of hydrogen-bond acceptors (Lipinski definition) is 3. The van der Waals surface area contributed by atoms with Gasteiger partial charge in [0.25, 0.3) is 0 Å². The first-order valence-corrected chi connectivity index (χ1v) is 7.45. The molecule has 0 bridgehead atoms. The number of benzene rings is 2. The third kappa shape index (κ3) is 7.17. The second-order valence-electron chi connectivity index (χ2n) is 5.05. The minimum Gasteiger partial charge on any atom is -0.489 e. The van der Waals surface area contributed by atoms with Crippen molar-refractivity contribution in [2.24, 2.45) is 0 Å². The number of halogens is 1. The van der Waals surface area contributed by atoms with Gasteiger partial charge in [-0.2, -0.15) is 0 Å². The number of amides is 1. The van der Waals surface area contributed by atoms with E-state index in [9.17, 15) is 4.79 Å². The molecule has 5 heteroatoms. The number of ether oxygens (including phenoxy) is 1. The van der Waals surface area contributed by atoms with Crippen molar-refractivity contribution in [3.8, 4) is 5.75 Å². The molecule has 2 aromatic carbocycles. The molecule has 0 radical (unpaired) electrons. The van der Waals surface area contributed by atoms with Crippen LogP contribution in [-0.2, 0) is 17.9 Å². The van der Waals surface area contributed by atoms with E-state index in [2.05, 4.69) is 16.7 Å². The Balaban J connectivity index is 0.00000264. The molecule has 2 N–H and O–H groups in total. The van der Waals surface area contributed by atoms with Gasteiger partial charge < -0.3 is 15.4 Å². The molecule has 0 fully saturated rings. The summed E-state index contributed by atoms with van der Waals surface area (Å²) < 4.78 is 5.73. The molecule has 2 aromatic rings. The molecule has 0 saturated carbocycles. The maximum absolute atomic E-state index is 11.6. The highest BCUT2D eigenvalue weighted by Gasteiger charge is 2.02. The van der Waals surface area contributed by atoms with Crippen LogP contribution in [0.4, 0.5) is 0 Å². The van der Waals surface area contributed by atoms with Crippen LogP contribution in [-0.4, -0.2) is 19.5 Å². The smallest absolute Gasteiger partial charge is 0.221 e. The van der Waals surface area contributed by atoms with Crippen molar-refractivity contribution in [2.75, 3.05) is 13.6 Å². The fourth-order valence-electron chi connectivity index (χ4n) is 2.04. The first-order chi connectivity index (χ1) is 10.8. The van der Waals surface area contributed by atoms with E-state index >= 15 is 0 Å². The molecule has 0 heterocycles. The van der Waals surface area contributed by atoms with Crippen LogP contribution in [0.5, 0.6) is 5.75 Å². The van der Waals surface area contributed by atoms with E-state index < -0.39 is 0 Å². The van der Waals surface area contributed by atoms with Crippen LogP contribution in [0.2, 0.25) is 0 Å². The molecular formula is C18H23ClN2O2. The van der Waals surface area contributed by atoms with Gasteiger partial charge in [-0.05, 0) is 30.3 Å². The standard InChI is InChI=1S/C18H22N2O2.ClH/c1-19-11-10-18(21)20-13-15-6-5-7-16(12-15)14-22-17-8-3-2-4-9-17;/h2-9,12,19H,10-11,13-14H2,1H3,(H,20,21);1H. The lowest BCUT2D eigenvalue weighted by Gasteiger charge is -2.09. The number of carbonyl (C=O) groups is 1. The van der Waals surface area contributed by atoms with E-state index in [1.807, 2.05) is 55.6 Å². The second kappa shape index (κ2) is 10.6. The lowest BCUT2D eigenvalue weighted by atomic mass is 10.1. The zero-order valence-electron chi connectivity index (χ0n) is 13.2. The second-order valence-corrected chi connectivity index (χ2v) is 5.05. The molecular weight excluding hydrogens is 312 g/mol. The van der Waals surface area contributed by atoms with Crippen LogP contribution < -0.4 is 15.4 Å². The fraction of sp³-hybridized carbons (Fsp3) is 0.278. The highest BCUT2D eigenvalue weighted by atomic mass is 35.5. The Bertz CT molecular complexity index is 591. The summed E-state index contributed by atoms with van der Waals surface area (Å²) >= 11 is 0. The molecule has 4 nitrogen and oxygen atoms in total. The average molecular weight is 335 g/mol. The molecule has 23 heavy (non-hydrogen) atoms.